The van der Waals surface area contributed by atoms with Gasteiger partial charge in [-0.2, -0.15) is 0 Å². The molecule has 6 nitrogen and oxygen atoms in total. The van der Waals surface area contributed by atoms with Crippen LogP contribution in [-0.4, -0.2) is 24.7 Å². The van der Waals surface area contributed by atoms with E-state index in [4.69, 9.17) is 32.7 Å². The molecule has 0 atom stereocenters. The number of benzene rings is 2. The minimum Gasteiger partial charge on any atom is -0.495 e. The summed E-state index contributed by atoms with van der Waals surface area (Å²) in [6.45, 7) is 5.29. The summed E-state index contributed by atoms with van der Waals surface area (Å²) in [7, 11) is 1.48. The predicted molar refractivity (Wildman–Crippen MR) is 112 cm³/mol. The maximum Gasteiger partial charge on any atom is 0.412 e. The molecule has 28 heavy (non-hydrogen) atoms. The number of rotatable bonds is 5. The van der Waals surface area contributed by atoms with Gasteiger partial charge in [0.2, 0.25) is 5.91 Å². The van der Waals surface area contributed by atoms with Gasteiger partial charge in [0.05, 0.1) is 19.2 Å². The lowest BCUT2D eigenvalue weighted by Crippen LogP contribution is -2.27. The molecule has 2 amide bonds. The second-order valence-corrected chi connectivity index (χ2v) is 7.78. The number of hydrogen-bond acceptors (Lipinski definition) is 4. The van der Waals surface area contributed by atoms with Gasteiger partial charge in [0.25, 0.3) is 0 Å². The van der Waals surface area contributed by atoms with Crippen LogP contribution in [0, 0.1) is 0 Å². The number of amides is 2. The standard InChI is InChI=1S/C20H22Cl2N2O4/c1-20(2,3)28-19(26)24-16-10-12(8-9-17(16)27-4)23-18(25)11-13-14(21)6-5-7-15(13)22/h5-10H,11H2,1-4H3,(H,23,25)(H,24,26). The van der Waals surface area contributed by atoms with Gasteiger partial charge in [-0.1, -0.05) is 29.3 Å². The lowest BCUT2D eigenvalue weighted by Gasteiger charge is -2.20. The Hall–Kier alpha value is -2.44. The molecule has 2 aromatic rings. The van der Waals surface area contributed by atoms with Crippen molar-refractivity contribution in [2.24, 2.45) is 0 Å². The van der Waals surface area contributed by atoms with Crippen LogP contribution in [0.5, 0.6) is 5.75 Å². The fourth-order valence-electron chi connectivity index (χ4n) is 2.36. The van der Waals surface area contributed by atoms with Crippen LogP contribution in [-0.2, 0) is 16.0 Å². The van der Waals surface area contributed by atoms with Gasteiger partial charge in [-0.3, -0.25) is 10.1 Å². The Morgan fingerprint density at radius 3 is 2.25 bits per heavy atom. The molecule has 0 bridgehead atoms. The maximum absolute atomic E-state index is 12.4. The summed E-state index contributed by atoms with van der Waals surface area (Å²) in [6.07, 6.45) is -0.614. The van der Waals surface area contributed by atoms with Crippen molar-refractivity contribution in [3.8, 4) is 5.75 Å². The summed E-state index contributed by atoms with van der Waals surface area (Å²) in [5.41, 5.74) is 0.742. The van der Waals surface area contributed by atoms with Gasteiger partial charge in [-0.15, -0.1) is 0 Å². The zero-order valence-corrected chi connectivity index (χ0v) is 17.6. The highest BCUT2D eigenvalue weighted by Crippen LogP contribution is 2.29. The van der Waals surface area contributed by atoms with Crippen LogP contribution in [0.2, 0.25) is 10.0 Å². The monoisotopic (exact) mass is 424 g/mol. The summed E-state index contributed by atoms with van der Waals surface area (Å²) in [6, 6.07) is 9.92. The van der Waals surface area contributed by atoms with E-state index in [1.54, 1.807) is 57.2 Å². The van der Waals surface area contributed by atoms with Crippen molar-refractivity contribution in [1.82, 2.24) is 0 Å². The molecule has 8 heteroatoms. The average Bonchev–Trinajstić information content (AvgIpc) is 2.57. The lowest BCUT2D eigenvalue weighted by molar-refractivity contribution is -0.115. The summed E-state index contributed by atoms with van der Waals surface area (Å²) >= 11 is 12.2. The molecule has 2 N–H and O–H groups in total. The molecule has 0 aliphatic rings. The summed E-state index contributed by atoms with van der Waals surface area (Å²) in [4.78, 5) is 24.4. The molecule has 0 spiro atoms. The molecule has 0 unspecified atom stereocenters. The molecule has 150 valence electrons. The first-order chi connectivity index (χ1) is 13.1. The van der Waals surface area contributed by atoms with E-state index in [2.05, 4.69) is 10.6 Å². The third-order valence-corrected chi connectivity index (χ3v) is 4.23. The van der Waals surface area contributed by atoms with E-state index in [-0.39, 0.29) is 12.3 Å². The second kappa shape index (κ2) is 9.17. The number of methoxy groups -OCH3 is 1. The van der Waals surface area contributed by atoms with Crippen molar-refractivity contribution < 1.29 is 19.1 Å². The SMILES string of the molecule is COc1ccc(NC(=O)Cc2c(Cl)cccc2Cl)cc1NC(=O)OC(C)(C)C. The van der Waals surface area contributed by atoms with E-state index in [1.165, 1.54) is 7.11 Å². The summed E-state index contributed by atoms with van der Waals surface area (Å²) < 4.78 is 10.5. The van der Waals surface area contributed by atoms with Gasteiger partial charge in [0, 0.05) is 15.7 Å². The largest absolute Gasteiger partial charge is 0.495 e. The quantitative estimate of drug-likeness (QED) is 0.661. The van der Waals surface area contributed by atoms with Crippen molar-refractivity contribution in [2.45, 2.75) is 32.8 Å². The molecule has 0 fully saturated rings. The maximum atomic E-state index is 12.4. The minimum atomic E-state index is -0.642. The number of hydrogen-bond donors (Lipinski definition) is 2. The van der Waals surface area contributed by atoms with E-state index >= 15 is 0 Å². The number of nitrogens with one attached hydrogen (secondary N) is 2. The molecule has 0 aliphatic carbocycles. The van der Waals surface area contributed by atoms with Crippen molar-refractivity contribution in [2.75, 3.05) is 17.7 Å². The molecular weight excluding hydrogens is 403 g/mol. The molecule has 0 heterocycles. The molecular formula is C20H22Cl2N2O4. The fraction of sp³-hybridized carbons (Fsp3) is 0.300. The van der Waals surface area contributed by atoms with Crippen LogP contribution in [0.15, 0.2) is 36.4 Å². The Balaban J connectivity index is 2.13. The van der Waals surface area contributed by atoms with Crippen LogP contribution in [0.1, 0.15) is 26.3 Å². The number of halogens is 2. The number of anilines is 2. The molecule has 2 rings (SSSR count). The molecule has 0 radical (unpaired) electrons. The van der Waals surface area contributed by atoms with E-state index in [0.29, 0.717) is 32.7 Å². The first kappa shape index (κ1) is 21.9. The topological polar surface area (TPSA) is 76.7 Å². The third kappa shape index (κ3) is 6.32. The highest BCUT2D eigenvalue weighted by molar-refractivity contribution is 6.36. The lowest BCUT2D eigenvalue weighted by atomic mass is 10.1. The van der Waals surface area contributed by atoms with Gasteiger partial charge in [-0.25, -0.2) is 4.79 Å². The van der Waals surface area contributed by atoms with Crippen LogP contribution >= 0.6 is 23.2 Å². The van der Waals surface area contributed by atoms with Crippen LogP contribution in [0.25, 0.3) is 0 Å². The number of carbonyl (C=O) groups is 2. The second-order valence-electron chi connectivity index (χ2n) is 6.97. The molecule has 0 aliphatic heterocycles. The minimum absolute atomic E-state index is 0.0133. The van der Waals surface area contributed by atoms with Crippen LogP contribution in [0.4, 0.5) is 16.2 Å². The zero-order valence-electron chi connectivity index (χ0n) is 16.1. The Kier molecular flexibility index (Phi) is 7.16. The van der Waals surface area contributed by atoms with Gasteiger partial charge < -0.3 is 14.8 Å². The highest BCUT2D eigenvalue weighted by Gasteiger charge is 2.18. The molecule has 2 aromatic carbocycles. The van der Waals surface area contributed by atoms with Gasteiger partial charge in [0.15, 0.2) is 0 Å². The van der Waals surface area contributed by atoms with Crippen molar-refractivity contribution in [3.05, 3.63) is 52.0 Å². The van der Waals surface area contributed by atoms with Crippen molar-refractivity contribution in [3.63, 3.8) is 0 Å². The molecule has 0 saturated carbocycles. The van der Waals surface area contributed by atoms with Crippen molar-refractivity contribution >= 4 is 46.6 Å². The summed E-state index contributed by atoms with van der Waals surface area (Å²) in [5, 5.41) is 6.22. The van der Waals surface area contributed by atoms with E-state index < -0.39 is 11.7 Å². The predicted octanol–water partition coefficient (Wildman–Crippen LogP) is 5.53. The fourth-order valence-corrected chi connectivity index (χ4v) is 2.90. The van der Waals surface area contributed by atoms with E-state index in [1.807, 2.05) is 0 Å². The normalized spacial score (nSPS) is 10.9. The third-order valence-electron chi connectivity index (χ3n) is 3.52. The Morgan fingerprint density at radius 1 is 1.04 bits per heavy atom. The van der Waals surface area contributed by atoms with Crippen LogP contribution in [0.3, 0.4) is 0 Å². The Labute approximate surface area is 174 Å². The van der Waals surface area contributed by atoms with E-state index in [0.717, 1.165) is 0 Å². The smallest absolute Gasteiger partial charge is 0.412 e. The zero-order chi connectivity index (χ0) is 20.9. The first-order valence-corrected chi connectivity index (χ1v) is 9.25. The highest BCUT2D eigenvalue weighted by atomic mass is 35.5. The Morgan fingerprint density at radius 2 is 1.68 bits per heavy atom. The van der Waals surface area contributed by atoms with E-state index in [9.17, 15) is 9.59 Å². The van der Waals surface area contributed by atoms with Crippen LogP contribution < -0.4 is 15.4 Å². The van der Waals surface area contributed by atoms with Crippen molar-refractivity contribution in [1.29, 1.82) is 0 Å². The first-order valence-electron chi connectivity index (χ1n) is 8.50. The van der Waals surface area contributed by atoms with Gasteiger partial charge >= 0.3 is 6.09 Å². The number of ether oxygens (including phenoxy) is 2. The Bertz CT molecular complexity index is 859. The summed E-state index contributed by atoms with van der Waals surface area (Å²) in [5.74, 6) is 0.126. The average molecular weight is 425 g/mol. The molecule has 0 aromatic heterocycles. The number of carbonyl (C=O) groups excluding carboxylic acids is 2. The van der Waals surface area contributed by atoms with Gasteiger partial charge in [-0.05, 0) is 56.7 Å². The molecule has 0 saturated heterocycles. The van der Waals surface area contributed by atoms with Gasteiger partial charge in [0.1, 0.15) is 11.4 Å².